The molecule has 0 bridgehead atoms. The molecule has 1 aromatic rings. The monoisotopic (exact) mass is 237 g/mol. The lowest BCUT2D eigenvalue weighted by Gasteiger charge is -2.04. The van der Waals surface area contributed by atoms with Gasteiger partial charge in [-0.25, -0.2) is 4.98 Å². The Labute approximate surface area is 98.7 Å². The maximum Gasteiger partial charge on any atom is 0.221 e. The van der Waals surface area contributed by atoms with Gasteiger partial charge in [-0.1, -0.05) is 5.11 Å². The molecule has 17 heavy (non-hydrogen) atoms. The second-order valence-electron chi connectivity index (χ2n) is 3.42. The summed E-state index contributed by atoms with van der Waals surface area (Å²) in [7, 11) is 0. The van der Waals surface area contributed by atoms with E-state index in [0.717, 1.165) is 12.8 Å². The number of hydrogen-bond acceptors (Lipinski definition) is 4. The average Bonchev–Trinajstić information content (AvgIpc) is 2.84. The van der Waals surface area contributed by atoms with Crippen LogP contribution in [-0.2, 0) is 11.3 Å². The highest BCUT2D eigenvalue weighted by atomic mass is 16.1. The molecule has 1 aromatic heterocycles. The van der Waals surface area contributed by atoms with Gasteiger partial charge in [-0.05, 0) is 18.4 Å². The number of rotatable bonds is 8. The lowest BCUT2D eigenvalue weighted by Crippen LogP contribution is -2.25. The molecule has 0 atom stereocenters. The molecule has 0 aliphatic rings. The van der Waals surface area contributed by atoms with Crippen LogP contribution in [0.25, 0.3) is 10.4 Å². The van der Waals surface area contributed by atoms with Crippen molar-refractivity contribution >= 4 is 5.91 Å². The number of unbranched alkanes of at least 4 members (excludes halogenated alkanes) is 1. The minimum Gasteiger partial charge on any atom is -0.356 e. The molecule has 0 spiro atoms. The fraction of sp³-hybridized carbons (Fsp3) is 0.667. The van der Waals surface area contributed by atoms with E-state index in [1.165, 1.54) is 6.33 Å². The number of carbonyl (C=O) groups excluding carboxylic acids is 1. The van der Waals surface area contributed by atoms with Crippen LogP contribution in [0.1, 0.15) is 19.3 Å². The second kappa shape index (κ2) is 8.12. The second-order valence-corrected chi connectivity index (χ2v) is 3.42. The van der Waals surface area contributed by atoms with E-state index in [9.17, 15) is 4.79 Å². The Balaban J connectivity index is 1.99. The lowest BCUT2D eigenvalue weighted by atomic mass is 10.3. The summed E-state index contributed by atoms with van der Waals surface area (Å²) in [6.45, 7) is 1.62. The normalized spacial score (nSPS) is 9.65. The summed E-state index contributed by atoms with van der Waals surface area (Å²) in [5.41, 5.74) is 8.05. The predicted molar refractivity (Wildman–Crippen MR) is 60.9 cm³/mol. The van der Waals surface area contributed by atoms with Crippen molar-refractivity contribution in [3.8, 4) is 0 Å². The van der Waals surface area contributed by atoms with Crippen molar-refractivity contribution in [1.29, 1.82) is 0 Å². The van der Waals surface area contributed by atoms with Crippen molar-refractivity contribution in [2.75, 3.05) is 13.1 Å². The first-order valence-corrected chi connectivity index (χ1v) is 5.43. The van der Waals surface area contributed by atoms with Gasteiger partial charge < -0.3 is 5.32 Å². The molecular weight excluding hydrogens is 222 g/mol. The molecule has 8 nitrogen and oxygen atoms in total. The number of aryl methyl sites for hydroxylation is 1. The third kappa shape index (κ3) is 6.16. The summed E-state index contributed by atoms with van der Waals surface area (Å²) in [6, 6.07) is 0. The highest BCUT2D eigenvalue weighted by Crippen LogP contribution is 1.90. The van der Waals surface area contributed by atoms with Crippen LogP contribution in [0.3, 0.4) is 0 Å². The fourth-order valence-electron chi connectivity index (χ4n) is 1.23. The Morgan fingerprint density at radius 1 is 1.53 bits per heavy atom. The molecule has 1 amide bonds. The van der Waals surface area contributed by atoms with E-state index in [0.29, 0.717) is 26.1 Å². The summed E-state index contributed by atoms with van der Waals surface area (Å²) in [6.07, 6.45) is 5.00. The number of aromatic nitrogens is 3. The number of hydrogen-bond donors (Lipinski definition) is 1. The number of azide groups is 1. The van der Waals surface area contributed by atoms with Gasteiger partial charge in [0.2, 0.25) is 5.91 Å². The number of nitrogens with zero attached hydrogens (tertiary/aromatic N) is 6. The average molecular weight is 237 g/mol. The van der Waals surface area contributed by atoms with Gasteiger partial charge in [0.15, 0.2) is 0 Å². The minimum absolute atomic E-state index is 0.00992. The van der Waals surface area contributed by atoms with E-state index in [1.54, 1.807) is 11.0 Å². The van der Waals surface area contributed by atoms with Crippen molar-refractivity contribution in [3.05, 3.63) is 23.1 Å². The van der Waals surface area contributed by atoms with Crippen molar-refractivity contribution < 1.29 is 4.79 Å². The Morgan fingerprint density at radius 2 is 2.41 bits per heavy atom. The van der Waals surface area contributed by atoms with E-state index in [-0.39, 0.29) is 5.91 Å². The molecule has 1 N–H and O–H groups in total. The van der Waals surface area contributed by atoms with Crippen LogP contribution in [0.15, 0.2) is 17.8 Å². The molecular formula is C9H15N7O. The summed E-state index contributed by atoms with van der Waals surface area (Å²) in [5, 5.41) is 10.1. The van der Waals surface area contributed by atoms with Crippen molar-refractivity contribution in [3.63, 3.8) is 0 Å². The van der Waals surface area contributed by atoms with Gasteiger partial charge >= 0.3 is 0 Å². The third-order valence-corrected chi connectivity index (χ3v) is 2.10. The maximum absolute atomic E-state index is 11.4. The fourth-order valence-corrected chi connectivity index (χ4v) is 1.23. The highest BCUT2D eigenvalue weighted by molar-refractivity contribution is 5.75. The van der Waals surface area contributed by atoms with Crippen molar-refractivity contribution in [2.45, 2.75) is 25.8 Å². The van der Waals surface area contributed by atoms with E-state index in [2.05, 4.69) is 25.4 Å². The van der Waals surface area contributed by atoms with Gasteiger partial charge in [-0.2, -0.15) is 5.10 Å². The molecule has 0 aliphatic carbocycles. The Hall–Kier alpha value is -2.08. The molecule has 0 aliphatic heterocycles. The molecule has 0 unspecified atom stereocenters. The SMILES string of the molecule is [N-]=[N+]=NCCCCNC(=O)CCn1cncn1. The van der Waals surface area contributed by atoms with Gasteiger partial charge in [-0.3, -0.25) is 9.48 Å². The van der Waals surface area contributed by atoms with Crippen LogP contribution < -0.4 is 5.32 Å². The first-order valence-electron chi connectivity index (χ1n) is 5.43. The van der Waals surface area contributed by atoms with Crippen LogP contribution in [-0.4, -0.2) is 33.8 Å². The first-order chi connectivity index (χ1) is 8.33. The molecule has 92 valence electrons. The van der Waals surface area contributed by atoms with E-state index in [1.807, 2.05) is 0 Å². The zero-order valence-electron chi connectivity index (χ0n) is 9.49. The van der Waals surface area contributed by atoms with Crippen molar-refractivity contribution in [1.82, 2.24) is 20.1 Å². The lowest BCUT2D eigenvalue weighted by molar-refractivity contribution is -0.121. The highest BCUT2D eigenvalue weighted by Gasteiger charge is 2.01. The standard InChI is InChI=1S/C9H15N7O/c10-15-13-5-2-1-4-12-9(17)3-6-16-8-11-7-14-16/h7-8H,1-6H2,(H,12,17). The Bertz CT molecular complexity index is 369. The zero-order valence-corrected chi connectivity index (χ0v) is 9.49. The molecule has 0 fully saturated rings. The van der Waals surface area contributed by atoms with E-state index in [4.69, 9.17) is 5.53 Å². The number of carbonyl (C=O) groups is 1. The van der Waals surface area contributed by atoms with Gasteiger partial charge in [0.1, 0.15) is 12.7 Å². The summed E-state index contributed by atoms with van der Waals surface area (Å²) >= 11 is 0. The predicted octanol–water partition coefficient (Wildman–Crippen LogP) is 0.875. The summed E-state index contributed by atoms with van der Waals surface area (Å²) < 4.78 is 1.61. The quantitative estimate of drug-likeness (QED) is 0.313. The van der Waals surface area contributed by atoms with Crippen LogP contribution in [0.2, 0.25) is 0 Å². The molecule has 1 heterocycles. The third-order valence-electron chi connectivity index (χ3n) is 2.10. The molecule has 0 radical (unpaired) electrons. The topological polar surface area (TPSA) is 109 Å². The van der Waals surface area contributed by atoms with Gasteiger partial charge in [0.25, 0.3) is 0 Å². The van der Waals surface area contributed by atoms with Gasteiger partial charge in [0.05, 0.1) is 6.54 Å². The van der Waals surface area contributed by atoms with Crippen LogP contribution in [0.4, 0.5) is 0 Å². The van der Waals surface area contributed by atoms with Crippen molar-refractivity contribution in [2.24, 2.45) is 5.11 Å². The Morgan fingerprint density at radius 3 is 3.12 bits per heavy atom. The molecule has 8 heteroatoms. The molecule has 0 aromatic carbocycles. The molecule has 0 saturated carbocycles. The van der Waals surface area contributed by atoms with Gasteiger partial charge in [0, 0.05) is 24.4 Å². The van der Waals surface area contributed by atoms with Gasteiger partial charge in [-0.15, -0.1) is 0 Å². The Kier molecular flexibility index (Phi) is 6.20. The largest absolute Gasteiger partial charge is 0.356 e. The first kappa shape index (κ1) is 13.0. The summed E-state index contributed by atoms with van der Waals surface area (Å²) in [5.74, 6) is -0.00992. The minimum atomic E-state index is -0.00992. The number of amides is 1. The molecule has 1 rings (SSSR count). The number of nitrogens with one attached hydrogen (secondary N) is 1. The van der Waals surface area contributed by atoms with E-state index >= 15 is 0 Å². The molecule has 0 saturated heterocycles. The van der Waals surface area contributed by atoms with Crippen LogP contribution in [0.5, 0.6) is 0 Å². The maximum atomic E-state index is 11.4. The zero-order chi connectivity index (χ0) is 12.3. The summed E-state index contributed by atoms with van der Waals surface area (Å²) in [4.78, 5) is 17.8. The van der Waals surface area contributed by atoms with Crippen LogP contribution in [0, 0.1) is 0 Å². The smallest absolute Gasteiger partial charge is 0.221 e. The van der Waals surface area contributed by atoms with Crippen LogP contribution >= 0.6 is 0 Å². The van der Waals surface area contributed by atoms with E-state index < -0.39 is 0 Å².